The molecule has 1 aliphatic heterocycles. The van der Waals surface area contributed by atoms with Gasteiger partial charge in [0.05, 0.1) is 27.7 Å². The number of anilines is 2. The minimum absolute atomic E-state index is 0.00410. The van der Waals surface area contributed by atoms with Gasteiger partial charge in [0.25, 0.3) is 11.5 Å². The third-order valence-electron chi connectivity index (χ3n) is 6.99. The van der Waals surface area contributed by atoms with Crippen LogP contribution in [-0.2, 0) is 23.7 Å². The van der Waals surface area contributed by atoms with Gasteiger partial charge in [0.2, 0.25) is 5.91 Å². The Labute approximate surface area is 244 Å². The van der Waals surface area contributed by atoms with Crippen molar-refractivity contribution >= 4 is 44.7 Å². The molecule has 0 atom stereocenters. The van der Waals surface area contributed by atoms with Gasteiger partial charge in [-0.05, 0) is 42.8 Å². The molecule has 1 saturated heterocycles. The second-order valence-corrected chi connectivity index (χ2v) is 10.9. The molecule has 0 saturated carbocycles. The van der Waals surface area contributed by atoms with Gasteiger partial charge in [-0.15, -0.1) is 11.3 Å². The van der Waals surface area contributed by atoms with Crippen LogP contribution in [0.1, 0.15) is 26.4 Å². The number of carbonyl (C=O) groups is 2. The SMILES string of the molecule is Cc1c(C(=O)N2CCN(c3cc(C(F)(F)F)cc(C(F)(F)F)c3)CC2)sc2ncn(CC(=O)Nc3ccccc3)c(=O)c12. The van der Waals surface area contributed by atoms with Gasteiger partial charge in [-0.3, -0.25) is 19.0 Å². The molecular formula is C28H23F6N5O3S. The Hall–Kier alpha value is -4.40. The number of amides is 2. The highest BCUT2D eigenvalue weighted by Crippen LogP contribution is 2.38. The maximum absolute atomic E-state index is 13.4. The number of hydrogen-bond donors (Lipinski definition) is 1. The third-order valence-corrected chi connectivity index (χ3v) is 8.18. The van der Waals surface area contributed by atoms with Gasteiger partial charge in [0.1, 0.15) is 11.4 Å². The molecule has 4 aromatic rings. The summed E-state index contributed by atoms with van der Waals surface area (Å²) in [5.41, 5.74) is -2.64. The number of thiophene rings is 1. The Kier molecular flexibility index (Phi) is 7.94. The first-order chi connectivity index (χ1) is 20.2. The summed E-state index contributed by atoms with van der Waals surface area (Å²) < 4.78 is 81.0. The number of alkyl halides is 6. The number of aryl methyl sites for hydroxylation is 1. The highest BCUT2D eigenvalue weighted by atomic mass is 32.1. The van der Waals surface area contributed by atoms with Crippen molar-refractivity contribution < 1.29 is 35.9 Å². The van der Waals surface area contributed by atoms with Crippen molar-refractivity contribution in [3.8, 4) is 0 Å². The van der Waals surface area contributed by atoms with Gasteiger partial charge >= 0.3 is 12.4 Å². The van der Waals surface area contributed by atoms with E-state index in [4.69, 9.17) is 0 Å². The van der Waals surface area contributed by atoms with Crippen molar-refractivity contribution in [1.29, 1.82) is 0 Å². The van der Waals surface area contributed by atoms with Gasteiger partial charge in [0.15, 0.2) is 0 Å². The molecule has 0 bridgehead atoms. The predicted octanol–water partition coefficient (Wildman–Crippen LogP) is 5.41. The summed E-state index contributed by atoms with van der Waals surface area (Å²) in [4.78, 5) is 46.7. The van der Waals surface area contributed by atoms with Gasteiger partial charge < -0.3 is 15.1 Å². The van der Waals surface area contributed by atoms with E-state index in [1.54, 1.807) is 37.3 Å². The molecule has 0 radical (unpaired) electrons. The van der Waals surface area contributed by atoms with Crippen LogP contribution in [0, 0.1) is 6.92 Å². The van der Waals surface area contributed by atoms with Crippen LogP contribution in [0.4, 0.5) is 37.7 Å². The number of nitrogens with zero attached hydrogens (tertiary/aromatic N) is 4. The number of benzene rings is 2. The van der Waals surface area contributed by atoms with Crippen LogP contribution in [0.15, 0.2) is 59.7 Å². The molecule has 2 amide bonds. The lowest BCUT2D eigenvalue weighted by atomic mass is 10.1. The lowest BCUT2D eigenvalue weighted by molar-refractivity contribution is -0.143. The summed E-state index contributed by atoms with van der Waals surface area (Å²) in [5, 5.41) is 2.87. The Morgan fingerprint density at radius 2 is 1.53 bits per heavy atom. The van der Waals surface area contributed by atoms with E-state index in [1.807, 2.05) is 0 Å². The largest absolute Gasteiger partial charge is 0.416 e. The lowest BCUT2D eigenvalue weighted by Gasteiger charge is -2.36. The van der Waals surface area contributed by atoms with Crippen LogP contribution in [0.3, 0.4) is 0 Å². The second kappa shape index (κ2) is 11.4. The molecule has 0 spiro atoms. The van der Waals surface area contributed by atoms with Crippen LogP contribution < -0.4 is 15.8 Å². The van der Waals surface area contributed by atoms with E-state index in [1.165, 1.54) is 16.1 Å². The van der Waals surface area contributed by atoms with Crippen molar-refractivity contribution in [2.24, 2.45) is 0 Å². The molecule has 226 valence electrons. The highest BCUT2D eigenvalue weighted by Gasteiger charge is 2.38. The van der Waals surface area contributed by atoms with Crippen molar-refractivity contribution in [2.75, 3.05) is 36.4 Å². The van der Waals surface area contributed by atoms with Crippen molar-refractivity contribution in [1.82, 2.24) is 14.5 Å². The van der Waals surface area contributed by atoms with Crippen LogP contribution in [-0.4, -0.2) is 52.4 Å². The average molecular weight is 624 g/mol. The summed E-state index contributed by atoms with van der Waals surface area (Å²) in [5.74, 6) is -0.882. The number of carbonyl (C=O) groups excluding carboxylic acids is 2. The Bertz CT molecular complexity index is 1710. The van der Waals surface area contributed by atoms with Gasteiger partial charge in [-0.2, -0.15) is 26.3 Å². The number of nitrogens with one attached hydrogen (secondary N) is 1. The molecular weight excluding hydrogens is 600 g/mol. The van der Waals surface area contributed by atoms with E-state index in [-0.39, 0.29) is 54.7 Å². The zero-order chi connectivity index (χ0) is 31.1. The molecule has 1 aliphatic rings. The third kappa shape index (κ3) is 6.35. The molecule has 8 nitrogen and oxygen atoms in total. The Morgan fingerprint density at radius 3 is 2.12 bits per heavy atom. The van der Waals surface area contributed by atoms with Crippen molar-refractivity contribution in [2.45, 2.75) is 25.8 Å². The molecule has 0 aliphatic carbocycles. The standard InChI is InChI=1S/C28H23F6N5O3S/c1-16-22-24(35-15-39(25(22)41)14-21(40)36-19-5-3-2-4-6-19)43-23(16)26(42)38-9-7-37(8-10-38)20-12-17(27(29,30)31)11-18(13-20)28(32,33)34/h2-6,11-13,15H,7-10,14H2,1H3,(H,36,40). The van der Waals surface area contributed by atoms with E-state index in [0.717, 1.165) is 15.9 Å². The maximum Gasteiger partial charge on any atom is 0.416 e. The molecule has 15 heteroatoms. The van der Waals surface area contributed by atoms with Crippen LogP contribution >= 0.6 is 11.3 Å². The summed E-state index contributed by atoms with van der Waals surface area (Å²) in [6, 6.07) is 10.1. The molecule has 0 unspecified atom stereocenters. The van der Waals surface area contributed by atoms with E-state index in [0.29, 0.717) is 28.2 Å². The van der Waals surface area contributed by atoms with E-state index in [2.05, 4.69) is 10.3 Å². The zero-order valence-corrected chi connectivity index (χ0v) is 23.2. The second-order valence-electron chi connectivity index (χ2n) is 9.87. The summed E-state index contributed by atoms with van der Waals surface area (Å²) >= 11 is 0.997. The molecule has 2 aromatic carbocycles. The first kappa shape index (κ1) is 30.1. The minimum atomic E-state index is -4.97. The number of hydrogen-bond acceptors (Lipinski definition) is 6. The van der Waals surface area contributed by atoms with E-state index >= 15 is 0 Å². The number of aromatic nitrogens is 2. The lowest BCUT2D eigenvalue weighted by Crippen LogP contribution is -2.48. The fraction of sp³-hybridized carbons (Fsp3) is 0.286. The first-order valence-electron chi connectivity index (χ1n) is 12.9. The van der Waals surface area contributed by atoms with Crippen molar-refractivity contribution in [3.63, 3.8) is 0 Å². The highest BCUT2D eigenvalue weighted by molar-refractivity contribution is 7.20. The fourth-order valence-corrected chi connectivity index (χ4v) is 5.89. The number of piperazine rings is 1. The minimum Gasteiger partial charge on any atom is -0.368 e. The Balaban J connectivity index is 1.32. The number of para-hydroxylation sites is 1. The summed E-state index contributed by atoms with van der Waals surface area (Å²) in [6.45, 7) is 1.33. The molecule has 43 heavy (non-hydrogen) atoms. The maximum atomic E-state index is 13.4. The van der Waals surface area contributed by atoms with Gasteiger partial charge in [-0.1, -0.05) is 18.2 Å². The molecule has 5 rings (SSSR count). The monoisotopic (exact) mass is 623 g/mol. The van der Waals surface area contributed by atoms with E-state index < -0.39 is 40.9 Å². The normalized spacial score (nSPS) is 14.3. The Morgan fingerprint density at radius 1 is 0.930 bits per heavy atom. The fourth-order valence-electron chi connectivity index (χ4n) is 4.78. The predicted molar refractivity (Wildman–Crippen MR) is 148 cm³/mol. The van der Waals surface area contributed by atoms with E-state index in [9.17, 15) is 40.7 Å². The number of fused-ring (bicyclic) bond motifs is 1. The van der Waals surface area contributed by atoms with Crippen LogP contribution in [0.5, 0.6) is 0 Å². The van der Waals surface area contributed by atoms with Crippen LogP contribution in [0.2, 0.25) is 0 Å². The van der Waals surface area contributed by atoms with Crippen LogP contribution in [0.25, 0.3) is 10.2 Å². The number of halogens is 6. The zero-order valence-electron chi connectivity index (χ0n) is 22.4. The van der Waals surface area contributed by atoms with Gasteiger partial charge in [-0.25, -0.2) is 4.98 Å². The smallest absolute Gasteiger partial charge is 0.368 e. The average Bonchev–Trinajstić information content (AvgIpc) is 3.30. The topological polar surface area (TPSA) is 87.5 Å². The summed E-state index contributed by atoms with van der Waals surface area (Å²) in [7, 11) is 0. The first-order valence-corrected chi connectivity index (χ1v) is 13.7. The molecule has 3 heterocycles. The summed E-state index contributed by atoms with van der Waals surface area (Å²) in [6.07, 6.45) is -8.71. The molecule has 1 fully saturated rings. The quantitative estimate of drug-likeness (QED) is 0.301. The number of rotatable bonds is 5. The van der Waals surface area contributed by atoms with Crippen molar-refractivity contribution in [3.05, 3.63) is 86.8 Å². The van der Waals surface area contributed by atoms with Gasteiger partial charge in [0, 0.05) is 37.6 Å². The molecule has 1 N–H and O–H groups in total. The molecule has 2 aromatic heterocycles.